The fraction of sp³-hybridized carbons (Fsp3) is 0.250. The number of aromatic nitrogens is 1. The number of aryl methyl sites for hydroxylation is 1. The Labute approximate surface area is 197 Å². The molecule has 2 N–H and O–H groups in total. The molecule has 10 heteroatoms. The van der Waals surface area contributed by atoms with Crippen molar-refractivity contribution >= 4 is 39.5 Å². The first kappa shape index (κ1) is 23.4. The number of nitrogens with one attached hydrogen (secondary N) is 2. The van der Waals surface area contributed by atoms with Gasteiger partial charge in [-0.15, -0.1) is 0 Å². The number of hydrogen-bond donors (Lipinski definition) is 2. The van der Waals surface area contributed by atoms with Gasteiger partial charge >= 0.3 is 0 Å². The van der Waals surface area contributed by atoms with Crippen LogP contribution in [0.2, 0.25) is 0 Å². The van der Waals surface area contributed by atoms with Crippen molar-refractivity contribution in [3.8, 4) is 11.5 Å². The second kappa shape index (κ2) is 9.60. The minimum Gasteiger partial charge on any atom is -0.497 e. The third-order valence-electron chi connectivity index (χ3n) is 5.35. The molecule has 1 fully saturated rings. The predicted octanol–water partition coefficient (Wildman–Crippen LogP) is 4.32. The van der Waals surface area contributed by atoms with Crippen molar-refractivity contribution < 1.29 is 27.2 Å². The van der Waals surface area contributed by atoms with Crippen LogP contribution in [0.15, 0.2) is 51.9 Å². The van der Waals surface area contributed by atoms with Crippen molar-refractivity contribution in [3.63, 3.8) is 0 Å². The van der Waals surface area contributed by atoms with Crippen molar-refractivity contribution in [2.45, 2.75) is 24.7 Å². The summed E-state index contributed by atoms with van der Waals surface area (Å²) in [6.07, 6.45) is 5.24. The van der Waals surface area contributed by atoms with Gasteiger partial charge < -0.3 is 19.3 Å². The zero-order chi connectivity index (χ0) is 24.3. The lowest BCUT2D eigenvalue weighted by Crippen LogP contribution is -2.14. The number of methoxy groups -OCH3 is 2. The average molecular weight is 484 g/mol. The number of amides is 1. The predicted molar refractivity (Wildman–Crippen MR) is 128 cm³/mol. The molecule has 1 saturated carbocycles. The number of carbonyl (C=O) groups excluding carboxylic acids is 1. The summed E-state index contributed by atoms with van der Waals surface area (Å²) < 4.78 is 44.0. The Kier molecular flexibility index (Phi) is 6.60. The molecule has 0 aliphatic heterocycles. The van der Waals surface area contributed by atoms with Crippen LogP contribution in [0.3, 0.4) is 0 Å². The summed E-state index contributed by atoms with van der Waals surface area (Å²) in [5.41, 5.74) is 2.15. The van der Waals surface area contributed by atoms with Gasteiger partial charge in [-0.1, -0.05) is 23.4 Å². The molecule has 1 aliphatic carbocycles. The first-order chi connectivity index (χ1) is 16.3. The van der Waals surface area contributed by atoms with Crippen LogP contribution >= 0.6 is 0 Å². The Balaban J connectivity index is 1.49. The first-order valence-electron chi connectivity index (χ1n) is 10.6. The van der Waals surface area contributed by atoms with Gasteiger partial charge in [0.1, 0.15) is 22.9 Å². The van der Waals surface area contributed by atoms with Crippen LogP contribution in [-0.2, 0) is 14.8 Å². The molecule has 2 aromatic carbocycles. The van der Waals surface area contributed by atoms with E-state index in [0.29, 0.717) is 28.6 Å². The standard InChI is InChI=1S/C24H25N3O6S/c1-15-23(25-24(28)17-7-8-17)22(33-26-15)12-6-16-4-10-19(11-5-16)34(29,30)27-20-14-18(31-2)9-13-21(20)32-3/h4-6,9-14,17,27H,7-8H2,1-3H3,(H,25,28)/b12-6-. The summed E-state index contributed by atoms with van der Waals surface area (Å²) in [5, 5.41) is 6.80. The summed E-state index contributed by atoms with van der Waals surface area (Å²) >= 11 is 0. The number of hydrogen-bond acceptors (Lipinski definition) is 7. The van der Waals surface area contributed by atoms with Gasteiger partial charge in [-0.25, -0.2) is 8.42 Å². The summed E-state index contributed by atoms with van der Waals surface area (Å²) in [4.78, 5) is 12.2. The molecule has 9 nitrogen and oxygen atoms in total. The molecule has 0 saturated heterocycles. The molecule has 0 spiro atoms. The third-order valence-corrected chi connectivity index (χ3v) is 6.74. The van der Waals surface area contributed by atoms with Gasteiger partial charge in [0.2, 0.25) is 5.91 Å². The Morgan fingerprint density at radius 3 is 2.47 bits per heavy atom. The Bertz CT molecular complexity index is 1330. The molecule has 1 aromatic heterocycles. The lowest BCUT2D eigenvalue weighted by atomic mass is 10.2. The summed E-state index contributed by atoms with van der Waals surface area (Å²) in [5.74, 6) is 1.32. The van der Waals surface area contributed by atoms with Crippen LogP contribution < -0.4 is 19.5 Å². The average Bonchev–Trinajstić information content (AvgIpc) is 3.63. The largest absolute Gasteiger partial charge is 0.497 e. The number of sulfonamides is 1. The fourth-order valence-corrected chi connectivity index (χ4v) is 4.31. The number of rotatable bonds is 9. The summed E-state index contributed by atoms with van der Waals surface area (Å²) in [6, 6.07) is 11.2. The zero-order valence-corrected chi connectivity index (χ0v) is 19.8. The zero-order valence-electron chi connectivity index (χ0n) is 19.0. The smallest absolute Gasteiger partial charge is 0.262 e. The van der Waals surface area contributed by atoms with Crippen LogP contribution in [0, 0.1) is 12.8 Å². The monoisotopic (exact) mass is 483 g/mol. The van der Waals surface area contributed by atoms with Gasteiger partial charge in [-0.05, 0) is 55.7 Å². The highest BCUT2D eigenvalue weighted by Crippen LogP contribution is 2.32. The van der Waals surface area contributed by atoms with E-state index in [1.54, 1.807) is 49.4 Å². The number of ether oxygens (including phenoxy) is 2. The van der Waals surface area contributed by atoms with Crippen molar-refractivity contribution in [2.24, 2.45) is 5.92 Å². The van der Waals surface area contributed by atoms with Gasteiger partial charge in [0.25, 0.3) is 10.0 Å². The maximum absolute atomic E-state index is 12.9. The van der Waals surface area contributed by atoms with E-state index in [0.717, 1.165) is 18.4 Å². The molecule has 4 rings (SSSR count). The second-order valence-electron chi connectivity index (χ2n) is 7.84. The van der Waals surface area contributed by atoms with Gasteiger partial charge in [0.15, 0.2) is 5.76 Å². The molecule has 0 bridgehead atoms. The molecule has 0 radical (unpaired) electrons. The van der Waals surface area contributed by atoms with E-state index < -0.39 is 10.0 Å². The van der Waals surface area contributed by atoms with Gasteiger partial charge in [-0.2, -0.15) is 0 Å². The third kappa shape index (κ3) is 5.23. The maximum Gasteiger partial charge on any atom is 0.262 e. The Hall–Kier alpha value is -3.79. The second-order valence-corrected chi connectivity index (χ2v) is 9.53. The maximum atomic E-state index is 12.9. The van der Waals surface area contributed by atoms with Crippen molar-refractivity contribution in [1.29, 1.82) is 0 Å². The van der Waals surface area contributed by atoms with Crippen LogP contribution in [-0.4, -0.2) is 33.7 Å². The molecule has 1 amide bonds. The molecule has 0 unspecified atom stereocenters. The molecule has 34 heavy (non-hydrogen) atoms. The van der Waals surface area contributed by atoms with E-state index in [1.165, 1.54) is 26.4 Å². The van der Waals surface area contributed by atoms with Crippen molar-refractivity contribution in [1.82, 2.24) is 5.16 Å². The van der Waals surface area contributed by atoms with Crippen LogP contribution in [0.1, 0.15) is 29.9 Å². The Morgan fingerprint density at radius 2 is 1.82 bits per heavy atom. The molecule has 0 atom stereocenters. The van der Waals surface area contributed by atoms with Gasteiger partial charge in [0.05, 0.1) is 24.8 Å². The van der Waals surface area contributed by atoms with Crippen molar-refractivity contribution in [3.05, 3.63) is 59.5 Å². The normalized spacial score (nSPS) is 13.6. The molecule has 1 heterocycles. The summed E-state index contributed by atoms with van der Waals surface area (Å²) in [7, 11) is -0.905. The van der Waals surface area contributed by atoms with E-state index in [2.05, 4.69) is 15.2 Å². The highest BCUT2D eigenvalue weighted by Gasteiger charge is 2.30. The van der Waals surface area contributed by atoms with Crippen molar-refractivity contribution in [2.75, 3.05) is 24.3 Å². The lowest BCUT2D eigenvalue weighted by Gasteiger charge is -2.13. The van der Waals surface area contributed by atoms with Crippen LogP contribution in [0.4, 0.5) is 11.4 Å². The highest BCUT2D eigenvalue weighted by molar-refractivity contribution is 7.92. The quantitative estimate of drug-likeness (QED) is 0.465. The molecule has 1 aliphatic rings. The van der Waals surface area contributed by atoms with E-state index >= 15 is 0 Å². The Morgan fingerprint density at radius 1 is 1.09 bits per heavy atom. The minimum absolute atomic E-state index is 0.0318. The first-order valence-corrected chi connectivity index (χ1v) is 12.1. The summed E-state index contributed by atoms with van der Waals surface area (Å²) in [6.45, 7) is 1.76. The molecular weight excluding hydrogens is 458 g/mol. The van der Waals surface area contributed by atoms with Crippen LogP contribution in [0.5, 0.6) is 11.5 Å². The molecule has 3 aromatic rings. The minimum atomic E-state index is -3.86. The van der Waals surface area contributed by atoms with Crippen LogP contribution in [0.25, 0.3) is 12.2 Å². The molecular formula is C24H25N3O6S. The highest BCUT2D eigenvalue weighted by atomic mass is 32.2. The van der Waals surface area contributed by atoms with E-state index in [9.17, 15) is 13.2 Å². The van der Waals surface area contributed by atoms with E-state index in [-0.39, 0.29) is 22.4 Å². The molecule has 178 valence electrons. The SMILES string of the molecule is COc1ccc(OC)c(NS(=O)(=O)c2ccc(/C=C\c3onc(C)c3NC(=O)C3CC3)cc2)c1. The van der Waals surface area contributed by atoms with E-state index in [4.69, 9.17) is 14.0 Å². The number of benzene rings is 2. The van der Waals surface area contributed by atoms with E-state index in [1.807, 2.05) is 0 Å². The number of nitrogens with zero attached hydrogens (tertiary/aromatic N) is 1. The lowest BCUT2D eigenvalue weighted by molar-refractivity contribution is -0.117. The van der Waals surface area contributed by atoms with Gasteiger partial charge in [0, 0.05) is 12.0 Å². The number of carbonyl (C=O) groups is 1. The fourth-order valence-electron chi connectivity index (χ4n) is 3.25. The van der Waals surface area contributed by atoms with Gasteiger partial charge in [-0.3, -0.25) is 9.52 Å². The number of anilines is 2. The topological polar surface area (TPSA) is 120 Å².